The van der Waals surface area contributed by atoms with Gasteiger partial charge in [0.15, 0.2) is 16.9 Å². The minimum Gasteiger partial charge on any atom is -0.463 e. The second-order valence-electron chi connectivity index (χ2n) is 6.06. The lowest BCUT2D eigenvalue weighted by molar-refractivity contribution is -0.119. The summed E-state index contributed by atoms with van der Waals surface area (Å²) in [5.74, 6) is 0.607. The van der Waals surface area contributed by atoms with Crippen LogP contribution in [0.5, 0.6) is 0 Å². The Balaban J connectivity index is 1.67. The first-order chi connectivity index (χ1) is 13.1. The van der Waals surface area contributed by atoms with Crippen molar-refractivity contribution in [1.29, 1.82) is 0 Å². The van der Waals surface area contributed by atoms with E-state index in [0.29, 0.717) is 35.7 Å². The number of nitrogens with two attached hydrogens (primary N) is 1. The second kappa shape index (κ2) is 6.87. The highest BCUT2D eigenvalue weighted by molar-refractivity contribution is 5.85. The monoisotopic (exact) mass is 363 g/mol. The molecule has 9 nitrogen and oxygen atoms in total. The molecule has 1 aromatic carbocycles. The van der Waals surface area contributed by atoms with Crippen LogP contribution in [-0.2, 0) is 17.9 Å². The average molecular weight is 363 g/mol. The van der Waals surface area contributed by atoms with Crippen LogP contribution in [0.25, 0.3) is 22.6 Å². The number of nitrogens with zero attached hydrogens (tertiary/aromatic N) is 5. The van der Waals surface area contributed by atoms with Gasteiger partial charge in [0.2, 0.25) is 11.9 Å². The molecular formula is C18H17N7O2. The van der Waals surface area contributed by atoms with Gasteiger partial charge in [0.05, 0.1) is 12.8 Å². The summed E-state index contributed by atoms with van der Waals surface area (Å²) in [7, 11) is 0. The third-order valence-corrected chi connectivity index (χ3v) is 4.00. The molecule has 0 bridgehead atoms. The molecule has 3 aromatic heterocycles. The number of nitrogens with one attached hydrogen (secondary N) is 1. The minimum absolute atomic E-state index is 0.0692. The molecule has 0 saturated heterocycles. The lowest BCUT2D eigenvalue weighted by Gasteiger charge is -2.07. The molecule has 0 aliphatic rings. The molecule has 0 radical (unpaired) electrons. The maximum atomic E-state index is 11.1. The van der Waals surface area contributed by atoms with Crippen molar-refractivity contribution < 1.29 is 9.21 Å². The summed E-state index contributed by atoms with van der Waals surface area (Å²) in [5, 5.41) is 11.2. The predicted molar refractivity (Wildman–Crippen MR) is 98.3 cm³/mol. The van der Waals surface area contributed by atoms with Gasteiger partial charge in [-0.3, -0.25) is 4.79 Å². The average Bonchev–Trinajstić information content (AvgIpc) is 3.30. The minimum atomic E-state index is -0.0692. The number of anilines is 1. The lowest BCUT2D eigenvalue weighted by Crippen LogP contribution is -2.19. The van der Waals surface area contributed by atoms with Gasteiger partial charge in [0, 0.05) is 13.5 Å². The third kappa shape index (κ3) is 3.47. The number of rotatable bonds is 5. The van der Waals surface area contributed by atoms with E-state index in [9.17, 15) is 4.79 Å². The number of nitrogen functional groups attached to an aromatic ring is 1. The van der Waals surface area contributed by atoms with Crippen LogP contribution in [0.3, 0.4) is 0 Å². The topological polar surface area (TPSA) is 125 Å². The highest BCUT2D eigenvalue weighted by atomic mass is 16.3. The van der Waals surface area contributed by atoms with E-state index >= 15 is 0 Å². The van der Waals surface area contributed by atoms with Gasteiger partial charge in [0.25, 0.3) is 0 Å². The van der Waals surface area contributed by atoms with Crippen LogP contribution in [0.1, 0.15) is 18.1 Å². The highest BCUT2D eigenvalue weighted by Gasteiger charge is 2.17. The van der Waals surface area contributed by atoms with Gasteiger partial charge in [-0.25, -0.2) is 9.67 Å². The summed E-state index contributed by atoms with van der Waals surface area (Å²) in [5.41, 5.74) is 9.43. The van der Waals surface area contributed by atoms with Gasteiger partial charge < -0.3 is 15.5 Å². The molecule has 0 atom stereocenters. The highest BCUT2D eigenvalue weighted by Crippen LogP contribution is 2.25. The summed E-state index contributed by atoms with van der Waals surface area (Å²) in [6.07, 6.45) is 1.56. The zero-order valence-corrected chi connectivity index (χ0v) is 14.6. The maximum Gasteiger partial charge on any atom is 0.222 e. The largest absolute Gasteiger partial charge is 0.463 e. The van der Waals surface area contributed by atoms with Crippen molar-refractivity contribution >= 4 is 23.0 Å². The SMILES string of the molecule is CC(=O)NCc1cccc(Cn2nnc3c(-c4ccco4)nc(N)nc32)c1. The molecule has 1 amide bonds. The number of carbonyl (C=O) groups excluding carboxylic acids is 1. The Kier molecular flexibility index (Phi) is 4.25. The Morgan fingerprint density at radius 2 is 2.07 bits per heavy atom. The number of hydrogen-bond acceptors (Lipinski definition) is 7. The summed E-state index contributed by atoms with van der Waals surface area (Å²) in [6.45, 7) is 2.42. The molecule has 136 valence electrons. The van der Waals surface area contributed by atoms with E-state index < -0.39 is 0 Å². The van der Waals surface area contributed by atoms with Crippen LogP contribution < -0.4 is 11.1 Å². The van der Waals surface area contributed by atoms with Crippen LogP contribution in [0.15, 0.2) is 47.1 Å². The first kappa shape index (κ1) is 16.7. The number of amides is 1. The fraction of sp³-hybridized carbons (Fsp3) is 0.167. The van der Waals surface area contributed by atoms with Crippen molar-refractivity contribution in [1.82, 2.24) is 30.3 Å². The van der Waals surface area contributed by atoms with Crippen LogP contribution in [0, 0.1) is 0 Å². The Morgan fingerprint density at radius 1 is 1.22 bits per heavy atom. The van der Waals surface area contributed by atoms with E-state index in [4.69, 9.17) is 10.2 Å². The number of aromatic nitrogens is 5. The Hall–Kier alpha value is -3.75. The second-order valence-corrected chi connectivity index (χ2v) is 6.06. The number of fused-ring (bicyclic) bond motifs is 1. The van der Waals surface area contributed by atoms with Crippen molar-refractivity contribution in [3.05, 3.63) is 53.8 Å². The van der Waals surface area contributed by atoms with Gasteiger partial charge in [-0.1, -0.05) is 29.5 Å². The van der Waals surface area contributed by atoms with Crippen molar-refractivity contribution in [2.45, 2.75) is 20.0 Å². The standard InChI is InChI=1S/C18H17N7O2/c1-11(26)20-9-12-4-2-5-13(8-12)10-25-17-16(23-24-25)15(21-18(19)22-17)14-6-3-7-27-14/h2-8H,9-10H2,1H3,(H,20,26)(H2,19,21,22). The molecule has 0 aliphatic heterocycles. The molecule has 0 unspecified atom stereocenters. The fourth-order valence-electron chi connectivity index (χ4n) is 2.80. The maximum absolute atomic E-state index is 11.1. The molecule has 0 spiro atoms. The molecule has 27 heavy (non-hydrogen) atoms. The number of benzene rings is 1. The van der Waals surface area contributed by atoms with E-state index in [1.807, 2.05) is 24.3 Å². The van der Waals surface area contributed by atoms with E-state index in [0.717, 1.165) is 11.1 Å². The molecule has 3 heterocycles. The Morgan fingerprint density at radius 3 is 2.85 bits per heavy atom. The van der Waals surface area contributed by atoms with Crippen LogP contribution in [0.2, 0.25) is 0 Å². The summed E-state index contributed by atoms with van der Waals surface area (Å²) >= 11 is 0. The van der Waals surface area contributed by atoms with Crippen molar-refractivity contribution in [3.63, 3.8) is 0 Å². The number of furan rings is 1. The van der Waals surface area contributed by atoms with Gasteiger partial charge in [-0.05, 0) is 23.3 Å². The molecular weight excluding hydrogens is 346 g/mol. The van der Waals surface area contributed by atoms with Gasteiger partial charge in [0.1, 0.15) is 5.69 Å². The number of carbonyl (C=O) groups is 1. The lowest BCUT2D eigenvalue weighted by atomic mass is 10.1. The van der Waals surface area contributed by atoms with E-state index in [1.165, 1.54) is 6.92 Å². The third-order valence-electron chi connectivity index (χ3n) is 4.00. The quantitative estimate of drug-likeness (QED) is 0.553. The molecule has 9 heteroatoms. The first-order valence-electron chi connectivity index (χ1n) is 8.33. The molecule has 3 N–H and O–H groups in total. The van der Waals surface area contributed by atoms with Crippen molar-refractivity contribution in [3.8, 4) is 11.5 Å². The summed E-state index contributed by atoms with van der Waals surface area (Å²) in [6, 6.07) is 11.4. The first-order valence-corrected chi connectivity index (χ1v) is 8.33. The van der Waals surface area contributed by atoms with Gasteiger partial charge in [-0.15, -0.1) is 5.10 Å². The molecule has 0 saturated carbocycles. The Labute approximate surface area is 154 Å². The van der Waals surface area contributed by atoms with Crippen LogP contribution in [0.4, 0.5) is 5.95 Å². The molecule has 4 aromatic rings. The number of hydrogen-bond donors (Lipinski definition) is 2. The van der Waals surface area contributed by atoms with Gasteiger partial charge >= 0.3 is 0 Å². The molecule has 0 fully saturated rings. The Bertz CT molecular complexity index is 1100. The van der Waals surface area contributed by atoms with Gasteiger partial charge in [-0.2, -0.15) is 4.98 Å². The predicted octanol–water partition coefficient (Wildman–Crippen LogP) is 1.75. The normalized spacial score (nSPS) is 11.0. The van der Waals surface area contributed by atoms with Crippen LogP contribution in [-0.4, -0.2) is 30.9 Å². The summed E-state index contributed by atoms with van der Waals surface area (Å²) < 4.78 is 7.08. The summed E-state index contributed by atoms with van der Waals surface area (Å²) in [4.78, 5) is 19.6. The zero-order valence-electron chi connectivity index (χ0n) is 14.6. The van der Waals surface area contributed by atoms with Crippen molar-refractivity contribution in [2.24, 2.45) is 0 Å². The zero-order chi connectivity index (χ0) is 18.8. The van der Waals surface area contributed by atoms with Crippen molar-refractivity contribution in [2.75, 3.05) is 5.73 Å². The van der Waals surface area contributed by atoms with E-state index in [-0.39, 0.29) is 11.9 Å². The fourth-order valence-corrected chi connectivity index (χ4v) is 2.80. The van der Waals surface area contributed by atoms with Crippen LogP contribution >= 0.6 is 0 Å². The molecule has 4 rings (SSSR count). The van der Waals surface area contributed by atoms with E-state index in [2.05, 4.69) is 25.6 Å². The van der Waals surface area contributed by atoms with E-state index in [1.54, 1.807) is 23.1 Å². The molecule has 0 aliphatic carbocycles. The smallest absolute Gasteiger partial charge is 0.222 e.